The summed E-state index contributed by atoms with van der Waals surface area (Å²) in [6, 6.07) is 8.45. The number of carbonyl (C=O) groups is 4. The Bertz CT molecular complexity index is 1110. The fourth-order valence-electron chi connectivity index (χ4n) is 2.57. The van der Waals surface area contributed by atoms with Gasteiger partial charge < -0.3 is 15.4 Å². The first-order valence-electron chi connectivity index (χ1n) is 9.86. The number of amides is 3. The SMILES string of the molecule is CC(=O)NCCc1ccc(S(=O)(=O)NC(=O)c2ccc(C(=O)NCCOC(C)=O)nc2)cc1. The summed E-state index contributed by atoms with van der Waals surface area (Å²) in [5.41, 5.74) is 0.772. The van der Waals surface area contributed by atoms with Crippen LogP contribution in [-0.4, -0.2) is 56.8 Å². The number of pyridine rings is 1. The van der Waals surface area contributed by atoms with Gasteiger partial charge in [0.1, 0.15) is 12.3 Å². The zero-order valence-corrected chi connectivity index (χ0v) is 18.9. The van der Waals surface area contributed by atoms with Crippen LogP contribution in [0.15, 0.2) is 47.5 Å². The third-order valence-corrected chi connectivity index (χ3v) is 5.55. The quantitative estimate of drug-likeness (QED) is 0.323. The van der Waals surface area contributed by atoms with E-state index in [1.807, 2.05) is 4.72 Å². The Balaban J connectivity index is 1.94. The topological polar surface area (TPSA) is 161 Å². The van der Waals surface area contributed by atoms with Crippen LogP contribution in [0.4, 0.5) is 0 Å². The molecular weight excluding hydrogens is 452 g/mol. The van der Waals surface area contributed by atoms with Crippen molar-refractivity contribution in [3.63, 3.8) is 0 Å². The lowest BCUT2D eigenvalue weighted by Gasteiger charge is -2.09. The van der Waals surface area contributed by atoms with Gasteiger partial charge in [-0.2, -0.15) is 0 Å². The van der Waals surface area contributed by atoms with Gasteiger partial charge in [-0.3, -0.25) is 24.2 Å². The third-order valence-electron chi connectivity index (χ3n) is 4.20. The number of benzene rings is 1. The second-order valence-corrected chi connectivity index (χ2v) is 8.52. The Kier molecular flexibility index (Phi) is 9.04. The van der Waals surface area contributed by atoms with Gasteiger partial charge in [0.15, 0.2) is 0 Å². The van der Waals surface area contributed by atoms with Gasteiger partial charge in [0.25, 0.3) is 21.8 Å². The molecule has 0 saturated carbocycles. The summed E-state index contributed by atoms with van der Waals surface area (Å²) in [5, 5.41) is 5.14. The Morgan fingerprint density at radius 1 is 0.909 bits per heavy atom. The molecular formula is C21H24N4O7S. The molecule has 0 aliphatic carbocycles. The Labute approximate surface area is 191 Å². The van der Waals surface area contributed by atoms with E-state index < -0.39 is 27.8 Å². The van der Waals surface area contributed by atoms with E-state index >= 15 is 0 Å². The number of nitrogens with one attached hydrogen (secondary N) is 3. The van der Waals surface area contributed by atoms with Crippen molar-refractivity contribution in [3.05, 3.63) is 59.4 Å². The van der Waals surface area contributed by atoms with Crippen LogP contribution in [0, 0.1) is 0 Å². The van der Waals surface area contributed by atoms with Crippen LogP contribution in [0.25, 0.3) is 0 Å². The van der Waals surface area contributed by atoms with E-state index in [9.17, 15) is 27.6 Å². The molecule has 0 fully saturated rings. The molecule has 1 aromatic carbocycles. The minimum absolute atomic E-state index is 0.00656. The van der Waals surface area contributed by atoms with Crippen LogP contribution >= 0.6 is 0 Å². The summed E-state index contributed by atoms with van der Waals surface area (Å²) < 4.78 is 31.6. The summed E-state index contributed by atoms with van der Waals surface area (Å²) in [6.07, 6.45) is 1.61. The van der Waals surface area contributed by atoms with E-state index in [-0.39, 0.29) is 35.2 Å². The molecule has 1 aromatic heterocycles. The lowest BCUT2D eigenvalue weighted by Crippen LogP contribution is -2.31. The summed E-state index contributed by atoms with van der Waals surface area (Å²) in [6.45, 7) is 3.18. The van der Waals surface area contributed by atoms with Crippen LogP contribution in [-0.2, 0) is 30.8 Å². The standard InChI is InChI=1S/C21H24N4O7S/c1-14(26)22-10-9-16-3-6-18(7-4-16)33(30,31)25-20(28)17-5-8-19(24-13-17)21(29)23-11-12-32-15(2)27/h3-8,13H,9-12H2,1-2H3,(H,22,26)(H,23,29)(H,25,28). The van der Waals surface area contributed by atoms with Gasteiger partial charge in [0, 0.05) is 26.6 Å². The van der Waals surface area contributed by atoms with Gasteiger partial charge >= 0.3 is 5.97 Å². The van der Waals surface area contributed by atoms with Gasteiger partial charge in [-0.25, -0.2) is 13.1 Å². The molecule has 3 amide bonds. The highest BCUT2D eigenvalue weighted by Crippen LogP contribution is 2.12. The number of ether oxygens (including phenoxy) is 1. The first-order valence-corrected chi connectivity index (χ1v) is 11.3. The van der Waals surface area contributed by atoms with Crippen LogP contribution in [0.5, 0.6) is 0 Å². The normalized spacial score (nSPS) is 10.7. The summed E-state index contributed by atoms with van der Waals surface area (Å²) in [7, 11) is -4.12. The molecule has 2 rings (SSSR count). The fourth-order valence-corrected chi connectivity index (χ4v) is 3.54. The lowest BCUT2D eigenvalue weighted by molar-refractivity contribution is -0.140. The fraction of sp³-hybridized carbons (Fsp3) is 0.286. The second-order valence-electron chi connectivity index (χ2n) is 6.84. The minimum Gasteiger partial charge on any atom is -0.464 e. The first kappa shape index (κ1) is 25.5. The maximum absolute atomic E-state index is 12.5. The largest absolute Gasteiger partial charge is 0.464 e. The third kappa shape index (κ3) is 8.33. The van der Waals surface area contributed by atoms with E-state index in [0.29, 0.717) is 13.0 Å². The van der Waals surface area contributed by atoms with Crippen molar-refractivity contribution in [2.75, 3.05) is 19.7 Å². The van der Waals surface area contributed by atoms with Gasteiger partial charge in [-0.05, 0) is 36.2 Å². The predicted octanol–water partition coefficient (Wildman–Crippen LogP) is 0.172. The molecule has 0 atom stereocenters. The van der Waals surface area contributed by atoms with Crippen molar-refractivity contribution >= 4 is 33.7 Å². The second kappa shape index (κ2) is 11.7. The maximum atomic E-state index is 12.5. The van der Waals surface area contributed by atoms with Crippen molar-refractivity contribution in [1.29, 1.82) is 0 Å². The molecule has 0 spiro atoms. The van der Waals surface area contributed by atoms with E-state index in [2.05, 4.69) is 15.6 Å². The zero-order chi connectivity index (χ0) is 24.4. The minimum atomic E-state index is -4.12. The van der Waals surface area contributed by atoms with Crippen LogP contribution in [0.2, 0.25) is 0 Å². The smallest absolute Gasteiger partial charge is 0.302 e. The van der Waals surface area contributed by atoms with Gasteiger partial charge in [0.2, 0.25) is 5.91 Å². The number of nitrogens with zero attached hydrogens (tertiary/aromatic N) is 1. The van der Waals surface area contributed by atoms with Gasteiger partial charge in [-0.1, -0.05) is 12.1 Å². The van der Waals surface area contributed by atoms with Crippen molar-refractivity contribution in [2.24, 2.45) is 0 Å². The van der Waals surface area contributed by atoms with E-state index in [4.69, 9.17) is 4.74 Å². The molecule has 176 valence electrons. The first-order chi connectivity index (χ1) is 15.6. The molecule has 11 nitrogen and oxygen atoms in total. The van der Waals surface area contributed by atoms with E-state index in [1.165, 1.54) is 38.1 Å². The van der Waals surface area contributed by atoms with E-state index in [1.54, 1.807) is 12.1 Å². The Morgan fingerprint density at radius 3 is 2.18 bits per heavy atom. The summed E-state index contributed by atoms with van der Waals surface area (Å²) in [5.74, 6) is -2.07. The molecule has 33 heavy (non-hydrogen) atoms. The molecule has 0 saturated heterocycles. The molecule has 3 N–H and O–H groups in total. The molecule has 0 bridgehead atoms. The average Bonchev–Trinajstić information content (AvgIpc) is 2.76. The molecule has 0 aliphatic heterocycles. The highest BCUT2D eigenvalue weighted by atomic mass is 32.2. The molecule has 0 unspecified atom stereocenters. The highest BCUT2D eigenvalue weighted by Gasteiger charge is 2.19. The number of aromatic nitrogens is 1. The Morgan fingerprint density at radius 2 is 1.61 bits per heavy atom. The number of carbonyl (C=O) groups excluding carboxylic acids is 4. The average molecular weight is 477 g/mol. The number of rotatable bonds is 10. The molecule has 0 radical (unpaired) electrons. The number of hydrogen-bond donors (Lipinski definition) is 3. The zero-order valence-electron chi connectivity index (χ0n) is 18.1. The van der Waals surface area contributed by atoms with Crippen molar-refractivity contribution in [3.8, 4) is 0 Å². The van der Waals surface area contributed by atoms with Crippen molar-refractivity contribution in [2.45, 2.75) is 25.2 Å². The summed E-state index contributed by atoms with van der Waals surface area (Å²) in [4.78, 5) is 49.7. The summed E-state index contributed by atoms with van der Waals surface area (Å²) >= 11 is 0. The van der Waals surface area contributed by atoms with Gasteiger partial charge in [-0.15, -0.1) is 0 Å². The predicted molar refractivity (Wildman–Crippen MR) is 117 cm³/mol. The number of sulfonamides is 1. The molecule has 0 aliphatic rings. The van der Waals surface area contributed by atoms with Crippen molar-refractivity contribution < 1.29 is 32.3 Å². The molecule has 1 heterocycles. The van der Waals surface area contributed by atoms with Crippen LogP contribution in [0.3, 0.4) is 0 Å². The van der Waals surface area contributed by atoms with Crippen LogP contribution in [0.1, 0.15) is 40.3 Å². The number of esters is 1. The number of hydrogen-bond acceptors (Lipinski definition) is 8. The highest BCUT2D eigenvalue weighted by molar-refractivity contribution is 7.90. The Hall–Kier alpha value is -3.80. The molecule has 12 heteroatoms. The van der Waals surface area contributed by atoms with Crippen molar-refractivity contribution in [1.82, 2.24) is 20.3 Å². The maximum Gasteiger partial charge on any atom is 0.302 e. The lowest BCUT2D eigenvalue weighted by atomic mass is 10.1. The van der Waals surface area contributed by atoms with Gasteiger partial charge in [0.05, 0.1) is 17.0 Å². The van der Waals surface area contributed by atoms with E-state index in [0.717, 1.165) is 11.8 Å². The monoisotopic (exact) mass is 476 g/mol. The van der Waals surface area contributed by atoms with Crippen LogP contribution < -0.4 is 15.4 Å². The molecule has 2 aromatic rings.